The van der Waals surface area contributed by atoms with Gasteiger partial charge in [0.2, 0.25) is 0 Å². The Morgan fingerprint density at radius 1 is 0.930 bits per heavy atom. The van der Waals surface area contributed by atoms with Crippen LogP contribution in [-0.4, -0.2) is 39.2 Å². The van der Waals surface area contributed by atoms with Crippen LogP contribution in [0.2, 0.25) is 0 Å². The summed E-state index contributed by atoms with van der Waals surface area (Å²) in [5.41, 5.74) is 7.91. The molecule has 1 amide bonds. The van der Waals surface area contributed by atoms with Crippen molar-refractivity contribution in [3.63, 3.8) is 0 Å². The Morgan fingerprint density at radius 2 is 1.56 bits per heavy atom. The largest absolute Gasteiger partial charge is 0.339 e. The maximum atomic E-state index is 14.6. The number of rotatable bonds is 5. The number of imidazole rings is 1. The lowest BCUT2D eigenvalue weighted by Gasteiger charge is -2.32. The van der Waals surface area contributed by atoms with Gasteiger partial charge in [-0.3, -0.25) is 9.79 Å². The van der Waals surface area contributed by atoms with Crippen molar-refractivity contribution in [1.29, 1.82) is 0 Å². The Kier molecular flexibility index (Phi) is 11.8. The van der Waals surface area contributed by atoms with Gasteiger partial charge in [-0.25, -0.2) is 9.37 Å². The van der Waals surface area contributed by atoms with Gasteiger partial charge < -0.3 is 9.47 Å². The van der Waals surface area contributed by atoms with Crippen molar-refractivity contribution in [3.05, 3.63) is 94.1 Å². The molecule has 43 heavy (non-hydrogen) atoms. The number of piperidine rings is 1. The molecule has 4 aromatic rings. The molecule has 0 aliphatic carbocycles. The van der Waals surface area contributed by atoms with Gasteiger partial charge in [0, 0.05) is 31.4 Å². The average molecular weight is 585 g/mol. The lowest BCUT2D eigenvalue weighted by atomic mass is 9.89. The molecule has 0 N–H and O–H groups in total. The summed E-state index contributed by atoms with van der Waals surface area (Å²) >= 11 is 0. The van der Waals surface area contributed by atoms with Gasteiger partial charge in [-0.2, -0.15) is 0 Å². The van der Waals surface area contributed by atoms with Gasteiger partial charge in [0.15, 0.2) is 0 Å². The second-order valence-electron chi connectivity index (χ2n) is 11.1. The molecule has 1 aromatic heterocycles. The molecule has 1 fully saturated rings. The number of halogens is 1. The van der Waals surface area contributed by atoms with E-state index in [1.807, 2.05) is 96.2 Å². The zero-order valence-corrected chi connectivity index (χ0v) is 27.8. The van der Waals surface area contributed by atoms with Crippen LogP contribution < -0.4 is 0 Å². The molecule has 2 heterocycles. The topological polar surface area (TPSA) is 50.5 Å². The van der Waals surface area contributed by atoms with E-state index in [2.05, 4.69) is 36.2 Å². The minimum absolute atomic E-state index is 0.0677. The highest BCUT2D eigenvalue weighted by atomic mass is 19.1. The number of benzene rings is 3. The molecule has 1 saturated heterocycles. The molecular formula is C37H49FN4O. The number of hydrogen-bond acceptors (Lipinski definition) is 3. The van der Waals surface area contributed by atoms with Crippen LogP contribution in [0.4, 0.5) is 10.1 Å². The summed E-state index contributed by atoms with van der Waals surface area (Å²) in [6.07, 6.45) is 1.95. The van der Waals surface area contributed by atoms with Crippen molar-refractivity contribution in [3.8, 4) is 0 Å². The Balaban J connectivity index is 0.00000121. The molecule has 1 unspecified atom stereocenters. The minimum Gasteiger partial charge on any atom is -0.339 e. The van der Waals surface area contributed by atoms with E-state index >= 15 is 0 Å². The van der Waals surface area contributed by atoms with E-state index in [1.165, 1.54) is 17.2 Å². The zero-order chi connectivity index (χ0) is 31.8. The van der Waals surface area contributed by atoms with E-state index in [1.54, 1.807) is 0 Å². The summed E-state index contributed by atoms with van der Waals surface area (Å²) in [5, 5.41) is 0. The third-order valence-corrected chi connectivity index (χ3v) is 8.19. The first-order valence-electron chi connectivity index (χ1n) is 15.8. The van der Waals surface area contributed by atoms with Crippen LogP contribution in [0, 0.1) is 26.6 Å². The SMILES string of the molecule is CC.CC.CC(=Nc1c(C)cc(C)cc1F)C(C)c1nc2ccc(C(=O)N3CCC(c4ccc(C)cc4)CC3)cc2n1C. The Labute approximate surface area is 257 Å². The van der Waals surface area contributed by atoms with Crippen LogP contribution in [-0.2, 0) is 7.05 Å². The van der Waals surface area contributed by atoms with Crippen LogP contribution in [0.3, 0.4) is 0 Å². The summed E-state index contributed by atoms with van der Waals surface area (Å²) in [5.74, 6) is 0.968. The van der Waals surface area contributed by atoms with Crippen LogP contribution in [0.25, 0.3) is 11.0 Å². The van der Waals surface area contributed by atoms with Gasteiger partial charge in [-0.1, -0.05) is 70.5 Å². The smallest absolute Gasteiger partial charge is 0.253 e. The van der Waals surface area contributed by atoms with E-state index in [0.29, 0.717) is 17.2 Å². The lowest BCUT2D eigenvalue weighted by Crippen LogP contribution is -2.37. The second kappa shape index (κ2) is 15.1. The van der Waals surface area contributed by atoms with E-state index in [9.17, 15) is 9.18 Å². The maximum Gasteiger partial charge on any atom is 0.253 e. The van der Waals surface area contributed by atoms with Crippen LogP contribution in [0.15, 0.2) is 59.6 Å². The summed E-state index contributed by atoms with van der Waals surface area (Å²) in [7, 11) is 1.97. The molecule has 1 atom stereocenters. The third kappa shape index (κ3) is 7.59. The standard InChI is InChI=1S/C33H37FN4O.2C2H6/c1-20-7-9-25(10-8-20)26-13-15-38(16-14-26)33(39)27-11-12-29-30(19-27)37(6)32(36-29)23(4)24(5)35-31-22(3)17-21(2)18-28(31)34;2*1-2/h7-12,17-19,23,26H,13-16H2,1-6H3;2*1-2H3. The molecule has 0 radical (unpaired) electrons. The van der Waals surface area contributed by atoms with Crippen LogP contribution in [0.1, 0.15) is 105 Å². The van der Waals surface area contributed by atoms with Crippen molar-refractivity contribution in [2.45, 2.75) is 87.0 Å². The zero-order valence-electron chi connectivity index (χ0n) is 27.8. The molecule has 1 aliphatic rings. The van der Waals surface area contributed by atoms with Crippen molar-refractivity contribution in [1.82, 2.24) is 14.5 Å². The number of nitrogens with zero attached hydrogens (tertiary/aromatic N) is 4. The molecule has 3 aromatic carbocycles. The summed E-state index contributed by atoms with van der Waals surface area (Å²) in [6, 6.07) is 18.0. The van der Waals surface area contributed by atoms with E-state index in [0.717, 1.165) is 59.6 Å². The number of likely N-dealkylation sites (tertiary alicyclic amines) is 1. The fourth-order valence-corrected chi connectivity index (χ4v) is 5.68. The third-order valence-electron chi connectivity index (χ3n) is 8.19. The number of amides is 1. The summed E-state index contributed by atoms with van der Waals surface area (Å²) < 4.78 is 16.6. The van der Waals surface area contributed by atoms with Crippen molar-refractivity contribution in [2.24, 2.45) is 12.0 Å². The van der Waals surface area contributed by atoms with Gasteiger partial charge >= 0.3 is 0 Å². The Morgan fingerprint density at radius 3 is 2.16 bits per heavy atom. The summed E-state index contributed by atoms with van der Waals surface area (Å²) in [6.45, 7) is 19.3. The van der Waals surface area contributed by atoms with Gasteiger partial charge in [-0.15, -0.1) is 0 Å². The number of carbonyl (C=O) groups excluding carboxylic acids is 1. The summed E-state index contributed by atoms with van der Waals surface area (Å²) in [4.78, 5) is 24.9. The maximum absolute atomic E-state index is 14.6. The predicted molar refractivity (Wildman–Crippen MR) is 180 cm³/mol. The number of aryl methyl sites for hydroxylation is 4. The highest BCUT2D eigenvalue weighted by Crippen LogP contribution is 2.31. The number of fused-ring (bicyclic) bond motifs is 1. The van der Waals surface area contributed by atoms with E-state index in [4.69, 9.17) is 4.98 Å². The lowest BCUT2D eigenvalue weighted by molar-refractivity contribution is 0.0713. The molecule has 0 saturated carbocycles. The molecule has 230 valence electrons. The molecule has 5 nitrogen and oxygen atoms in total. The second-order valence-corrected chi connectivity index (χ2v) is 11.1. The van der Waals surface area contributed by atoms with Gasteiger partial charge in [0.25, 0.3) is 5.91 Å². The molecule has 1 aliphatic heterocycles. The predicted octanol–water partition coefficient (Wildman–Crippen LogP) is 9.61. The number of hydrogen-bond donors (Lipinski definition) is 0. The highest BCUT2D eigenvalue weighted by molar-refractivity contribution is 5.98. The van der Waals surface area contributed by atoms with E-state index in [-0.39, 0.29) is 17.6 Å². The Bertz CT molecular complexity index is 1540. The van der Waals surface area contributed by atoms with Gasteiger partial charge in [-0.05, 0) is 87.4 Å². The van der Waals surface area contributed by atoms with Gasteiger partial charge in [0.05, 0.1) is 17.0 Å². The normalized spacial score (nSPS) is 14.5. The number of aliphatic imine (C=N–C) groups is 1. The molecule has 0 spiro atoms. The first-order chi connectivity index (χ1) is 20.6. The van der Waals surface area contributed by atoms with Crippen LogP contribution in [0.5, 0.6) is 0 Å². The first kappa shape index (κ1) is 33.7. The van der Waals surface area contributed by atoms with Crippen molar-refractivity contribution in [2.75, 3.05) is 13.1 Å². The highest BCUT2D eigenvalue weighted by Gasteiger charge is 2.25. The molecular weight excluding hydrogens is 535 g/mol. The molecule has 0 bridgehead atoms. The molecule has 6 heteroatoms. The average Bonchev–Trinajstić information content (AvgIpc) is 3.36. The molecule has 5 rings (SSSR count). The fourth-order valence-electron chi connectivity index (χ4n) is 5.68. The Hall–Kier alpha value is -3.80. The monoisotopic (exact) mass is 584 g/mol. The minimum atomic E-state index is -0.310. The quantitative estimate of drug-likeness (QED) is 0.219. The number of carbonyl (C=O) groups is 1. The van der Waals surface area contributed by atoms with Crippen LogP contribution >= 0.6 is 0 Å². The van der Waals surface area contributed by atoms with E-state index < -0.39 is 0 Å². The van der Waals surface area contributed by atoms with Gasteiger partial charge in [0.1, 0.15) is 17.3 Å². The van der Waals surface area contributed by atoms with Crippen molar-refractivity contribution < 1.29 is 9.18 Å². The van der Waals surface area contributed by atoms with Crippen molar-refractivity contribution >= 4 is 28.3 Å². The number of aromatic nitrogens is 2. The fraction of sp³-hybridized carbons (Fsp3) is 0.432. The first-order valence-corrected chi connectivity index (χ1v) is 15.8.